The summed E-state index contributed by atoms with van der Waals surface area (Å²) in [5.41, 5.74) is -0.168. The lowest BCUT2D eigenvalue weighted by Crippen LogP contribution is -2.62. The number of ketones is 1. The van der Waals surface area contributed by atoms with E-state index in [0.29, 0.717) is 38.5 Å². The van der Waals surface area contributed by atoms with E-state index in [1.807, 2.05) is 0 Å². The number of aliphatic hydroxyl groups is 1. The number of rotatable bonds is 1. The Morgan fingerprint density at radius 3 is 2.63 bits per heavy atom. The highest BCUT2D eigenvalue weighted by atomic mass is 16.6. The standard InChI is InChI=1S/C24H32O6/c1-22-7-4-14(25)10-13(22)11-15(21(28)29-3)19-16-5-8-24(9-6-18(27)30-24)23(16,2)12-17(26)20(19)22/h10,15-17,19-20,26H,4-9,11-12H2,1-3H3/t15-,16+,17+,19-,20-,22+,23+,24+/m0/s1. The minimum Gasteiger partial charge on any atom is -0.469 e. The van der Waals surface area contributed by atoms with Crippen molar-refractivity contribution in [2.75, 3.05) is 7.11 Å². The number of carbonyl (C=O) groups excluding carboxylic acids is 3. The van der Waals surface area contributed by atoms with Crippen LogP contribution in [0.15, 0.2) is 11.6 Å². The van der Waals surface area contributed by atoms with E-state index in [0.717, 1.165) is 18.4 Å². The van der Waals surface area contributed by atoms with Gasteiger partial charge in [-0.1, -0.05) is 19.4 Å². The first-order valence-electron chi connectivity index (χ1n) is 11.4. The van der Waals surface area contributed by atoms with Gasteiger partial charge in [0, 0.05) is 18.3 Å². The van der Waals surface area contributed by atoms with Crippen LogP contribution in [0, 0.1) is 34.5 Å². The van der Waals surface area contributed by atoms with Crippen LogP contribution in [0.5, 0.6) is 0 Å². The van der Waals surface area contributed by atoms with Gasteiger partial charge in [0.2, 0.25) is 0 Å². The Morgan fingerprint density at radius 2 is 1.97 bits per heavy atom. The number of hydrogen-bond acceptors (Lipinski definition) is 6. The van der Waals surface area contributed by atoms with Gasteiger partial charge < -0.3 is 14.6 Å². The normalized spacial score (nSPS) is 49.7. The maximum absolute atomic E-state index is 12.9. The van der Waals surface area contributed by atoms with Gasteiger partial charge in [-0.2, -0.15) is 0 Å². The molecule has 4 fully saturated rings. The summed E-state index contributed by atoms with van der Waals surface area (Å²) in [7, 11) is 1.42. The average Bonchev–Trinajstić information content (AvgIpc) is 3.21. The van der Waals surface area contributed by atoms with E-state index in [2.05, 4.69) is 13.8 Å². The lowest BCUT2D eigenvalue weighted by molar-refractivity contribution is -0.197. The Bertz CT molecular complexity index is 847. The van der Waals surface area contributed by atoms with Crippen LogP contribution in [-0.4, -0.2) is 41.6 Å². The summed E-state index contributed by atoms with van der Waals surface area (Å²) in [4.78, 5) is 37.2. The Labute approximate surface area is 177 Å². The molecule has 0 radical (unpaired) electrons. The molecule has 0 aromatic heterocycles. The zero-order valence-electron chi connectivity index (χ0n) is 18.1. The van der Waals surface area contributed by atoms with Gasteiger partial charge in [-0.3, -0.25) is 14.4 Å². The van der Waals surface area contributed by atoms with Crippen LogP contribution >= 0.6 is 0 Å². The molecule has 1 N–H and O–H groups in total. The van der Waals surface area contributed by atoms with Crippen molar-refractivity contribution in [3.63, 3.8) is 0 Å². The molecule has 4 aliphatic carbocycles. The van der Waals surface area contributed by atoms with Crippen LogP contribution in [0.4, 0.5) is 0 Å². The van der Waals surface area contributed by atoms with Gasteiger partial charge in [0.05, 0.1) is 19.1 Å². The van der Waals surface area contributed by atoms with Crippen LogP contribution in [0.1, 0.15) is 65.2 Å². The van der Waals surface area contributed by atoms with Gasteiger partial charge in [0.25, 0.3) is 0 Å². The third-order valence-electron chi connectivity index (χ3n) is 9.79. The number of hydrogen-bond donors (Lipinski definition) is 1. The van der Waals surface area contributed by atoms with Crippen molar-refractivity contribution < 1.29 is 29.0 Å². The van der Waals surface area contributed by atoms with E-state index >= 15 is 0 Å². The fourth-order valence-electron chi connectivity index (χ4n) is 8.35. The maximum Gasteiger partial charge on any atom is 0.309 e. The number of fused-ring (bicyclic) bond motifs is 6. The van der Waals surface area contributed by atoms with Crippen LogP contribution in [0.25, 0.3) is 0 Å². The molecule has 1 heterocycles. The lowest BCUT2D eigenvalue weighted by atomic mass is 9.43. The smallest absolute Gasteiger partial charge is 0.309 e. The minimum absolute atomic E-state index is 0.0415. The second-order valence-electron chi connectivity index (χ2n) is 10.8. The highest BCUT2D eigenvalue weighted by Crippen LogP contribution is 2.70. The van der Waals surface area contributed by atoms with E-state index in [9.17, 15) is 19.5 Å². The molecule has 0 aromatic rings. The Hall–Kier alpha value is -1.69. The molecule has 0 bridgehead atoms. The minimum atomic E-state index is -0.611. The molecule has 30 heavy (non-hydrogen) atoms. The van der Waals surface area contributed by atoms with Crippen molar-refractivity contribution in [1.29, 1.82) is 0 Å². The van der Waals surface area contributed by atoms with Crippen LogP contribution in [-0.2, 0) is 23.9 Å². The fourth-order valence-corrected chi connectivity index (χ4v) is 8.35. The first-order valence-corrected chi connectivity index (χ1v) is 11.4. The zero-order chi connectivity index (χ0) is 21.5. The molecule has 1 saturated heterocycles. The Morgan fingerprint density at radius 1 is 1.20 bits per heavy atom. The largest absolute Gasteiger partial charge is 0.469 e. The highest BCUT2D eigenvalue weighted by Gasteiger charge is 2.71. The Balaban J connectivity index is 1.62. The van der Waals surface area contributed by atoms with E-state index in [-0.39, 0.29) is 52.2 Å². The molecular formula is C24H32O6. The monoisotopic (exact) mass is 416 g/mol. The van der Waals surface area contributed by atoms with E-state index in [1.54, 1.807) is 6.08 Å². The van der Waals surface area contributed by atoms with Crippen LogP contribution in [0.3, 0.4) is 0 Å². The molecule has 3 saturated carbocycles. The second-order valence-corrected chi connectivity index (χ2v) is 10.8. The molecule has 5 aliphatic rings. The summed E-state index contributed by atoms with van der Waals surface area (Å²) >= 11 is 0. The molecule has 1 spiro atoms. The number of allylic oxidation sites excluding steroid dienone is 1. The molecule has 0 amide bonds. The molecule has 0 unspecified atom stereocenters. The van der Waals surface area contributed by atoms with Gasteiger partial charge in [0.15, 0.2) is 5.78 Å². The quantitative estimate of drug-likeness (QED) is 0.661. The number of aliphatic hydroxyl groups excluding tert-OH is 1. The van der Waals surface area contributed by atoms with Gasteiger partial charge >= 0.3 is 11.9 Å². The van der Waals surface area contributed by atoms with Crippen molar-refractivity contribution in [3.8, 4) is 0 Å². The van der Waals surface area contributed by atoms with Crippen molar-refractivity contribution in [2.24, 2.45) is 34.5 Å². The van der Waals surface area contributed by atoms with Crippen molar-refractivity contribution in [3.05, 3.63) is 11.6 Å². The fraction of sp³-hybridized carbons (Fsp3) is 0.792. The molecule has 6 heteroatoms. The molecule has 8 atom stereocenters. The van der Waals surface area contributed by atoms with E-state index in [1.165, 1.54) is 7.11 Å². The number of methoxy groups -OCH3 is 1. The third-order valence-corrected chi connectivity index (χ3v) is 9.79. The summed E-state index contributed by atoms with van der Waals surface area (Å²) in [5, 5.41) is 11.6. The van der Waals surface area contributed by atoms with Crippen molar-refractivity contribution in [1.82, 2.24) is 0 Å². The lowest BCUT2D eigenvalue weighted by Gasteiger charge is -2.62. The van der Waals surface area contributed by atoms with Crippen LogP contribution in [0.2, 0.25) is 0 Å². The van der Waals surface area contributed by atoms with Crippen molar-refractivity contribution in [2.45, 2.75) is 76.9 Å². The second kappa shape index (κ2) is 6.41. The third kappa shape index (κ3) is 2.43. The highest BCUT2D eigenvalue weighted by molar-refractivity contribution is 5.92. The molecule has 5 rings (SSSR count). The van der Waals surface area contributed by atoms with Gasteiger partial charge in [-0.15, -0.1) is 0 Å². The van der Waals surface area contributed by atoms with Gasteiger partial charge in [-0.25, -0.2) is 0 Å². The SMILES string of the molecule is COC(=O)[C@H]1CC2=CC(=O)CC[C@@]2(C)[C@@H]2[C@@H]1[C@H]1CC[C@@]3(CCC(=O)O3)[C@]1(C)C[C@H]2O. The average molecular weight is 417 g/mol. The summed E-state index contributed by atoms with van der Waals surface area (Å²) in [5.74, 6) is -0.636. The first-order chi connectivity index (χ1) is 14.1. The molecule has 164 valence electrons. The van der Waals surface area contributed by atoms with Gasteiger partial charge in [-0.05, 0) is 67.8 Å². The van der Waals surface area contributed by atoms with Crippen molar-refractivity contribution >= 4 is 17.7 Å². The molecule has 1 aliphatic heterocycles. The number of carbonyl (C=O) groups is 3. The van der Waals surface area contributed by atoms with Gasteiger partial charge in [0.1, 0.15) is 5.60 Å². The summed E-state index contributed by atoms with van der Waals surface area (Å²) in [6, 6.07) is 0. The summed E-state index contributed by atoms with van der Waals surface area (Å²) < 4.78 is 11.2. The first kappa shape index (κ1) is 20.2. The van der Waals surface area contributed by atoms with E-state index < -0.39 is 11.7 Å². The predicted molar refractivity (Wildman–Crippen MR) is 107 cm³/mol. The van der Waals surface area contributed by atoms with Crippen LogP contribution < -0.4 is 0 Å². The van der Waals surface area contributed by atoms with E-state index in [4.69, 9.17) is 9.47 Å². The zero-order valence-corrected chi connectivity index (χ0v) is 18.1. The number of ether oxygens (including phenoxy) is 2. The maximum atomic E-state index is 12.9. The summed E-state index contributed by atoms with van der Waals surface area (Å²) in [6.07, 6.45) is 6.21. The summed E-state index contributed by atoms with van der Waals surface area (Å²) in [6.45, 7) is 4.33. The number of esters is 2. The topological polar surface area (TPSA) is 89.9 Å². The molecular weight excluding hydrogens is 384 g/mol. The molecule has 6 nitrogen and oxygen atoms in total. The molecule has 0 aromatic carbocycles. The predicted octanol–water partition coefficient (Wildman–Crippen LogP) is 2.96. The Kier molecular flexibility index (Phi) is 4.32.